The lowest BCUT2D eigenvalue weighted by molar-refractivity contribution is 0.0591. The van der Waals surface area contributed by atoms with Crippen LogP contribution in [-0.4, -0.2) is 26.2 Å². The van der Waals surface area contributed by atoms with Gasteiger partial charge in [-0.2, -0.15) is 0 Å². The summed E-state index contributed by atoms with van der Waals surface area (Å²) in [5, 5.41) is 0. The molecule has 1 saturated carbocycles. The number of ether oxygens (including phenoxy) is 2. The Morgan fingerprint density at radius 1 is 0.588 bits per heavy atom. The molecule has 248 valence electrons. The summed E-state index contributed by atoms with van der Waals surface area (Å²) in [7, 11) is 2.78. The SMILES string of the molecule is COC(=O)c1ccccc1C#Cc1ccc2c(c1)C1(c3cc(C#Cc4ccccc4C(=O)OC)ccc3C=C2)c2ccccc2[C@H]2CCCCC21. The smallest absolute Gasteiger partial charge is 0.339 e. The molecule has 0 aromatic heterocycles. The fraction of sp³-hybridized carbons (Fsp3) is 0.191. The molecule has 3 aliphatic carbocycles. The van der Waals surface area contributed by atoms with Crippen molar-refractivity contribution in [3.05, 3.63) is 176 Å². The number of rotatable bonds is 2. The van der Waals surface area contributed by atoms with Crippen LogP contribution in [0.4, 0.5) is 0 Å². The van der Waals surface area contributed by atoms with Gasteiger partial charge in [-0.25, -0.2) is 9.59 Å². The summed E-state index contributed by atoms with van der Waals surface area (Å²) >= 11 is 0. The van der Waals surface area contributed by atoms with E-state index < -0.39 is 17.4 Å². The molecule has 0 bridgehead atoms. The van der Waals surface area contributed by atoms with Crippen LogP contribution in [0.3, 0.4) is 0 Å². The highest BCUT2D eigenvalue weighted by atomic mass is 16.5. The molecule has 1 fully saturated rings. The van der Waals surface area contributed by atoms with Crippen molar-refractivity contribution in [3.63, 3.8) is 0 Å². The van der Waals surface area contributed by atoms with Crippen molar-refractivity contribution in [2.24, 2.45) is 5.92 Å². The first-order chi connectivity index (χ1) is 25.0. The van der Waals surface area contributed by atoms with Gasteiger partial charge in [0, 0.05) is 22.3 Å². The molecular formula is C47H36O4. The zero-order valence-electron chi connectivity index (χ0n) is 28.7. The Labute approximate surface area is 299 Å². The number of methoxy groups -OCH3 is 2. The summed E-state index contributed by atoms with van der Waals surface area (Å²) in [6, 6.07) is 36.8. The van der Waals surface area contributed by atoms with E-state index in [9.17, 15) is 9.59 Å². The molecular weight excluding hydrogens is 629 g/mol. The average Bonchev–Trinajstić information content (AvgIpc) is 3.40. The maximum atomic E-state index is 12.5. The van der Waals surface area contributed by atoms with Crippen molar-refractivity contribution < 1.29 is 19.1 Å². The third kappa shape index (κ3) is 5.45. The van der Waals surface area contributed by atoms with E-state index in [-0.39, 0.29) is 0 Å². The fourth-order valence-electron chi connectivity index (χ4n) is 8.70. The molecule has 5 aromatic carbocycles. The van der Waals surface area contributed by atoms with Crippen LogP contribution < -0.4 is 0 Å². The Morgan fingerprint density at radius 3 is 1.67 bits per heavy atom. The van der Waals surface area contributed by atoms with E-state index in [4.69, 9.17) is 9.47 Å². The van der Waals surface area contributed by atoms with E-state index in [0.717, 1.165) is 24.0 Å². The van der Waals surface area contributed by atoms with Crippen molar-refractivity contribution >= 4 is 24.1 Å². The van der Waals surface area contributed by atoms with Gasteiger partial charge in [-0.05, 0) is 107 Å². The van der Waals surface area contributed by atoms with Crippen molar-refractivity contribution in [1.82, 2.24) is 0 Å². The number of benzene rings is 5. The largest absolute Gasteiger partial charge is 0.465 e. The summed E-state index contributed by atoms with van der Waals surface area (Å²) < 4.78 is 10.1. The Bertz CT molecular complexity index is 2240. The predicted octanol–water partition coefficient (Wildman–Crippen LogP) is 9.17. The molecule has 0 amide bonds. The van der Waals surface area contributed by atoms with E-state index >= 15 is 0 Å². The summed E-state index contributed by atoms with van der Waals surface area (Å²) in [6.07, 6.45) is 9.16. The van der Waals surface area contributed by atoms with E-state index in [1.165, 1.54) is 60.4 Å². The molecule has 8 rings (SSSR count). The second kappa shape index (κ2) is 13.3. The van der Waals surface area contributed by atoms with Crippen molar-refractivity contribution in [2.45, 2.75) is 37.0 Å². The molecule has 4 nitrogen and oxygen atoms in total. The minimum Gasteiger partial charge on any atom is -0.465 e. The van der Waals surface area contributed by atoms with Gasteiger partial charge in [0.2, 0.25) is 0 Å². The van der Waals surface area contributed by atoms with Crippen LogP contribution in [0.25, 0.3) is 12.2 Å². The number of hydrogen-bond acceptors (Lipinski definition) is 4. The second-order valence-corrected chi connectivity index (χ2v) is 13.4. The summed E-state index contributed by atoms with van der Waals surface area (Å²) in [4.78, 5) is 25.0. The van der Waals surface area contributed by atoms with Crippen LogP contribution in [0.5, 0.6) is 0 Å². The highest BCUT2D eigenvalue weighted by Crippen LogP contribution is 2.63. The first-order valence-corrected chi connectivity index (χ1v) is 17.5. The number of hydrogen-bond donors (Lipinski definition) is 0. The number of esters is 2. The lowest BCUT2D eigenvalue weighted by Crippen LogP contribution is -2.38. The predicted molar refractivity (Wildman–Crippen MR) is 200 cm³/mol. The van der Waals surface area contributed by atoms with Crippen LogP contribution in [0.2, 0.25) is 0 Å². The molecule has 0 saturated heterocycles. The van der Waals surface area contributed by atoms with Gasteiger partial charge in [-0.3, -0.25) is 0 Å². The molecule has 1 spiro atoms. The standard InChI is InChI=1S/C47H36O4/c1-50-45(48)37-13-5-3-11-33(37)23-19-31-21-25-35-27-28-36-26-22-32(20-24-34-12-4-6-14-38(34)46(49)51-2)30-44(36)47(43(35)29-31)41-17-9-7-15-39(41)40-16-8-10-18-42(40)47/h3-7,9,11-15,17,21-22,25-30,40,42H,8,10,16,18H2,1-2H3/t40-,42?/m1/s1. The highest BCUT2D eigenvalue weighted by Gasteiger charge is 2.56. The van der Waals surface area contributed by atoms with Crippen LogP contribution >= 0.6 is 0 Å². The lowest BCUT2D eigenvalue weighted by Gasteiger charge is -2.43. The Balaban J connectivity index is 1.34. The average molecular weight is 665 g/mol. The fourth-order valence-corrected chi connectivity index (χ4v) is 8.70. The van der Waals surface area contributed by atoms with Gasteiger partial charge in [0.05, 0.1) is 30.8 Å². The van der Waals surface area contributed by atoms with Gasteiger partial charge in [-0.15, -0.1) is 0 Å². The zero-order chi connectivity index (χ0) is 35.0. The van der Waals surface area contributed by atoms with Gasteiger partial charge in [0.1, 0.15) is 0 Å². The molecule has 51 heavy (non-hydrogen) atoms. The van der Waals surface area contributed by atoms with Crippen molar-refractivity contribution in [1.29, 1.82) is 0 Å². The monoisotopic (exact) mass is 664 g/mol. The van der Waals surface area contributed by atoms with Gasteiger partial charge < -0.3 is 9.47 Å². The summed E-state index contributed by atoms with van der Waals surface area (Å²) in [5.41, 5.74) is 11.1. The van der Waals surface area contributed by atoms with Crippen LogP contribution in [-0.2, 0) is 14.9 Å². The maximum absolute atomic E-state index is 12.5. The molecule has 5 aromatic rings. The van der Waals surface area contributed by atoms with Gasteiger partial charge >= 0.3 is 11.9 Å². The number of fused-ring (bicyclic) bond motifs is 9. The minimum atomic E-state index is -0.431. The molecule has 0 radical (unpaired) electrons. The summed E-state index contributed by atoms with van der Waals surface area (Å²) in [6.45, 7) is 0. The third-order valence-corrected chi connectivity index (χ3v) is 10.9. The Morgan fingerprint density at radius 2 is 1.10 bits per heavy atom. The van der Waals surface area contributed by atoms with E-state index in [2.05, 4.69) is 96.5 Å². The minimum absolute atomic E-state index is 0.354. The third-order valence-electron chi connectivity index (χ3n) is 10.9. The maximum Gasteiger partial charge on any atom is 0.339 e. The number of carbonyl (C=O) groups is 2. The van der Waals surface area contributed by atoms with Crippen molar-refractivity contribution in [3.8, 4) is 23.7 Å². The lowest BCUT2D eigenvalue weighted by atomic mass is 9.59. The molecule has 1 unspecified atom stereocenters. The van der Waals surface area contributed by atoms with Crippen LogP contribution in [0.15, 0.2) is 109 Å². The quantitative estimate of drug-likeness (QED) is 0.140. The van der Waals surface area contributed by atoms with Crippen LogP contribution in [0, 0.1) is 29.6 Å². The molecule has 2 atom stereocenters. The highest BCUT2D eigenvalue weighted by molar-refractivity contribution is 5.93. The molecule has 4 heteroatoms. The van der Waals surface area contributed by atoms with E-state index in [1.54, 1.807) is 12.1 Å². The first kappa shape index (κ1) is 32.1. The van der Waals surface area contributed by atoms with Crippen molar-refractivity contribution in [2.75, 3.05) is 14.2 Å². The molecule has 0 N–H and O–H groups in total. The first-order valence-electron chi connectivity index (χ1n) is 17.5. The van der Waals surface area contributed by atoms with Gasteiger partial charge in [0.25, 0.3) is 0 Å². The number of carbonyl (C=O) groups excluding carboxylic acids is 2. The van der Waals surface area contributed by atoms with Gasteiger partial charge in [-0.1, -0.05) is 109 Å². The second-order valence-electron chi connectivity index (χ2n) is 13.4. The van der Waals surface area contributed by atoms with Gasteiger partial charge in [0.15, 0.2) is 0 Å². The van der Waals surface area contributed by atoms with E-state index in [1.807, 2.05) is 36.4 Å². The normalized spacial score (nSPS) is 17.2. The topological polar surface area (TPSA) is 52.6 Å². The zero-order valence-corrected chi connectivity index (χ0v) is 28.7. The molecule has 0 heterocycles. The molecule has 0 aliphatic heterocycles. The van der Waals surface area contributed by atoms with E-state index in [0.29, 0.717) is 34.1 Å². The summed E-state index contributed by atoms with van der Waals surface area (Å²) in [5.74, 6) is 13.4. The van der Waals surface area contributed by atoms with Crippen LogP contribution in [0.1, 0.15) is 108 Å². The Hall–Kier alpha value is -6.10. The Kier molecular flexibility index (Phi) is 8.39. The molecule has 3 aliphatic rings.